The molecule has 0 bridgehead atoms. The molecule has 2 aromatic carbocycles. The van der Waals surface area contributed by atoms with Crippen molar-refractivity contribution in [1.82, 2.24) is 9.55 Å². The first-order valence-electron chi connectivity index (χ1n) is 6.71. The van der Waals surface area contributed by atoms with E-state index >= 15 is 0 Å². The summed E-state index contributed by atoms with van der Waals surface area (Å²) in [6.07, 6.45) is 0. The maximum atomic E-state index is 5.99. The molecule has 5 heteroatoms. The number of imidazole rings is 1. The minimum Gasteiger partial charge on any atom is -0.492 e. The van der Waals surface area contributed by atoms with Gasteiger partial charge >= 0.3 is 0 Å². The van der Waals surface area contributed by atoms with Gasteiger partial charge in [0.1, 0.15) is 12.4 Å². The Kier molecular flexibility index (Phi) is 3.99. The van der Waals surface area contributed by atoms with Crippen molar-refractivity contribution < 1.29 is 4.74 Å². The first-order valence-corrected chi connectivity index (χ1v) is 7.49. The van der Waals surface area contributed by atoms with Crippen molar-refractivity contribution in [2.45, 2.75) is 13.5 Å². The number of benzene rings is 2. The van der Waals surface area contributed by atoms with Crippen molar-refractivity contribution in [3.63, 3.8) is 0 Å². The number of hydrogen-bond donors (Lipinski definition) is 1. The lowest BCUT2D eigenvalue weighted by Gasteiger charge is -2.08. The van der Waals surface area contributed by atoms with Crippen LogP contribution in [0.1, 0.15) is 5.56 Å². The van der Waals surface area contributed by atoms with Crippen molar-refractivity contribution in [3.8, 4) is 5.75 Å². The fraction of sp³-hybridized carbons (Fsp3) is 0.188. The van der Waals surface area contributed by atoms with Gasteiger partial charge in [0.05, 0.1) is 17.6 Å². The third-order valence-electron chi connectivity index (χ3n) is 3.31. The van der Waals surface area contributed by atoms with E-state index in [1.807, 2.05) is 54.0 Å². The molecule has 0 radical (unpaired) electrons. The van der Waals surface area contributed by atoms with Gasteiger partial charge in [0.25, 0.3) is 0 Å². The molecular formula is C16H15ClN2OS. The van der Waals surface area contributed by atoms with Gasteiger partial charge in [-0.2, -0.15) is 0 Å². The number of aryl methyl sites for hydroxylation is 1. The van der Waals surface area contributed by atoms with Crippen molar-refractivity contribution >= 4 is 34.9 Å². The molecule has 0 atom stereocenters. The molecule has 3 aromatic rings. The zero-order valence-electron chi connectivity index (χ0n) is 11.6. The van der Waals surface area contributed by atoms with Gasteiger partial charge in [0, 0.05) is 5.02 Å². The highest BCUT2D eigenvalue weighted by Crippen LogP contribution is 2.19. The van der Waals surface area contributed by atoms with E-state index in [4.69, 9.17) is 28.6 Å². The van der Waals surface area contributed by atoms with Crippen LogP contribution in [0.3, 0.4) is 0 Å². The smallest absolute Gasteiger partial charge is 0.178 e. The van der Waals surface area contributed by atoms with E-state index < -0.39 is 0 Å². The number of nitrogens with zero attached hydrogens (tertiary/aromatic N) is 1. The number of aromatic nitrogens is 2. The van der Waals surface area contributed by atoms with Crippen molar-refractivity contribution in [1.29, 1.82) is 0 Å². The summed E-state index contributed by atoms with van der Waals surface area (Å²) in [5, 5.41) is 0.696. The minimum absolute atomic E-state index is 0.563. The molecule has 1 aromatic heterocycles. The number of nitrogens with one attached hydrogen (secondary N) is 1. The Balaban J connectivity index is 1.76. The molecule has 0 aliphatic rings. The Morgan fingerprint density at radius 3 is 2.90 bits per heavy atom. The number of H-pyrrole nitrogens is 1. The normalized spacial score (nSPS) is 11.0. The summed E-state index contributed by atoms with van der Waals surface area (Å²) in [5.74, 6) is 0.879. The minimum atomic E-state index is 0.563. The van der Waals surface area contributed by atoms with Crippen molar-refractivity contribution in [3.05, 3.63) is 57.8 Å². The molecule has 21 heavy (non-hydrogen) atoms. The van der Waals surface area contributed by atoms with E-state index in [9.17, 15) is 0 Å². The zero-order chi connectivity index (χ0) is 14.8. The predicted molar refractivity (Wildman–Crippen MR) is 88.8 cm³/mol. The molecule has 1 N–H and O–H groups in total. The highest BCUT2D eigenvalue weighted by molar-refractivity contribution is 7.71. The van der Waals surface area contributed by atoms with Crippen LogP contribution in [0.25, 0.3) is 11.0 Å². The van der Waals surface area contributed by atoms with Gasteiger partial charge < -0.3 is 14.3 Å². The zero-order valence-corrected chi connectivity index (χ0v) is 13.2. The monoisotopic (exact) mass is 318 g/mol. The van der Waals surface area contributed by atoms with E-state index in [-0.39, 0.29) is 0 Å². The van der Waals surface area contributed by atoms with E-state index in [2.05, 4.69) is 4.98 Å². The van der Waals surface area contributed by atoms with Crippen LogP contribution in [0.2, 0.25) is 5.02 Å². The molecule has 3 rings (SSSR count). The van der Waals surface area contributed by atoms with Gasteiger partial charge in [0.2, 0.25) is 0 Å². The third-order valence-corrected chi connectivity index (χ3v) is 3.87. The van der Waals surface area contributed by atoms with Gasteiger partial charge in [-0.1, -0.05) is 23.7 Å². The highest BCUT2D eigenvalue weighted by atomic mass is 35.5. The average molecular weight is 319 g/mol. The molecule has 0 saturated carbocycles. The lowest BCUT2D eigenvalue weighted by molar-refractivity contribution is 0.299. The largest absolute Gasteiger partial charge is 0.492 e. The van der Waals surface area contributed by atoms with E-state index in [1.165, 1.54) is 5.56 Å². The number of rotatable bonds is 4. The van der Waals surface area contributed by atoms with E-state index in [0.29, 0.717) is 22.9 Å². The van der Waals surface area contributed by atoms with Gasteiger partial charge in [-0.05, 0) is 55.0 Å². The van der Waals surface area contributed by atoms with Crippen LogP contribution >= 0.6 is 23.8 Å². The second-order valence-electron chi connectivity index (χ2n) is 4.91. The van der Waals surface area contributed by atoms with Crippen LogP contribution < -0.4 is 4.74 Å². The Labute approximate surface area is 133 Å². The third kappa shape index (κ3) is 3.12. The molecular weight excluding hydrogens is 304 g/mol. The Morgan fingerprint density at radius 2 is 2.10 bits per heavy atom. The van der Waals surface area contributed by atoms with Gasteiger partial charge in [-0.15, -0.1) is 0 Å². The summed E-state index contributed by atoms with van der Waals surface area (Å²) < 4.78 is 8.49. The summed E-state index contributed by atoms with van der Waals surface area (Å²) in [7, 11) is 0. The Hall–Kier alpha value is -1.78. The van der Waals surface area contributed by atoms with Crippen LogP contribution in [0.4, 0.5) is 0 Å². The molecule has 108 valence electrons. The molecule has 0 aliphatic heterocycles. The Bertz CT molecular complexity index is 838. The lowest BCUT2D eigenvalue weighted by atomic mass is 10.2. The summed E-state index contributed by atoms with van der Waals surface area (Å²) in [5.41, 5.74) is 3.17. The summed E-state index contributed by atoms with van der Waals surface area (Å²) in [4.78, 5) is 3.16. The van der Waals surface area contributed by atoms with Crippen LogP contribution in [0, 0.1) is 11.7 Å². The van der Waals surface area contributed by atoms with Crippen LogP contribution in [-0.4, -0.2) is 16.2 Å². The molecule has 0 amide bonds. The van der Waals surface area contributed by atoms with Crippen molar-refractivity contribution in [2.24, 2.45) is 0 Å². The summed E-state index contributed by atoms with van der Waals surface area (Å²) in [6.45, 7) is 3.30. The molecule has 0 spiro atoms. The molecule has 0 saturated heterocycles. The fourth-order valence-corrected chi connectivity index (χ4v) is 2.79. The average Bonchev–Trinajstić information content (AvgIpc) is 2.74. The Morgan fingerprint density at radius 1 is 1.24 bits per heavy atom. The van der Waals surface area contributed by atoms with Crippen molar-refractivity contribution in [2.75, 3.05) is 6.61 Å². The van der Waals surface area contributed by atoms with Gasteiger partial charge in [-0.25, -0.2) is 0 Å². The van der Waals surface area contributed by atoms with E-state index in [1.54, 1.807) is 0 Å². The maximum Gasteiger partial charge on any atom is 0.178 e. The molecule has 0 fully saturated rings. The summed E-state index contributed by atoms with van der Waals surface area (Å²) in [6, 6.07) is 13.7. The first-order chi connectivity index (χ1) is 10.1. The SMILES string of the molecule is Cc1cccc(OCCn2c(=S)[nH]c3cc(Cl)ccc32)c1. The van der Waals surface area contributed by atoms with E-state index in [0.717, 1.165) is 16.8 Å². The van der Waals surface area contributed by atoms with Crippen LogP contribution in [-0.2, 0) is 6.54 Å². The van der Waals surface area contributed by atoms with Gasteiger partial charge in [0.15, 0.2) is 4.77 Å². The van der Waals surface area contributed by atoms with Crippen LogP contribution in [0.15, 0.2) is 42.5 Å². The van der Waals surface area contributed by atoms with Gasteiger partial charge in [-0.3, -0.25) is 0 Å². The molecule has 3 nitrogen and oxygen atoms in total. The fourth-order valence-electron chi connectivity index (χ4n) is 2.32. The topological polar surface area (TPSA) is 29.9 Å². The van der Waals surface area contributed by atoms with Crippen LogP contribution in [0.5, 0.6) is 5.75 Å². The predicted octanol–water partition coefficient (Wildman–Crippen LogP) is 4.74. The maximum absolute atomic E-state index is 5.99. The first kappa shape index (κ1) is 14.2. The molecule has 1 heterocycles. The number of halogens is 1. The number of ether oxygens (including phenoxy) is 1. The lowest BCUT2D eigenvalue weighted by Crippen LogP contribution is -2.08. The number of aromatic amines is 1. The second-order valence-corrected chi connectivity index (χ2v) is 5.73. The molecule has 0 aliphatic carbocycles. The number of fused-ring (bicyclic) bond motifs is 1. The standard InChI is InChI=1S/C16H15ClN2OS/c1-11-3-2-4-13(9-11)20-8-7-19-15-6-5-12(17)10-14(15)18-16(19)21/h2-6,9-10H,7-8H2,1H3,(H,18,21). The second kappa shape index (κ2) is 5.92. The molecule has 0 unspecified atom stereocenters. The number of hydrogen-bond acceptors (Lipinski definition) is 2. The summed E-state index contributed by atoms with van der Waals surface area (Å²) >= 11 is 11.3. The highest BCUT2D eigenvalue weighted by Gasteiger charge is 2.05. The quantitative estimate of drug-likeness (QED) is 0.704.